The van der Waals surface area contributed by atoms with Crippen molar-refractivity contribution in [2.45, 2.75) is 59.4 Å². The number of benzene rings is 2. The molecule has 36 heavy (non-hydrogen) atoms. The van der Waals surface area contributed by atoms with Gasteiger partial charge in [-0.15, -0.1) is 0 Å². The predicted octanol–water partition coefficient (Wildman–Crippen LogP) is 6.57. The molecule has 3 heterocycles. The van der Waals surface area contributed by atoms with Crippen molar-refractivity contribution in [2.75, 3.05) is 13.1 Å². The summed E-state index contributed by atoms with van der Waals surface area (Å²) >= 11 is 6.11. The number of carbonyl (C=O) groups excluding carboxylic acids is 1. The minimum atomic E-state index is 0.172. The molecule has 7 heteroatoms. The first-order valence-electron chi connectivity index (χ1n) is 12.7. The number of aromatic nitrogens is 3. The average Bonchev–Trinajstić information content (AvgIpc) is 3.39. The first-order chi connectivity index (χ1) is 17.3. The number of hydrogen-bond donors (Lipinski definition) is 0. The molecule has 2 aromatic heterocycles. The molecule has 0 radical (unpaired) electrons. The number of nitrogens with zero attached hydrogens (tertiary/aromatic N) is 4. The fourth-order valence-corrected chi connectivity index (χ4v) is 5.65. The summed E-state index contributed by atoms with van der Waals surface area (Å²) in [5, 5.41) is 4.89. The number of halogens is 1. The fraction of sp³-hybridized carbons (Fsp3) is 0.414. The van der Waals surface area contributed by atoms with E-state index >= 15 is 0 Å². The normalized spacial score (nSPS) is 15.5. The molecule has 1 atom stereocenters. The Morgan fingerprint density at radius 1 is 1.14 bits per heavy atom. The van der Waals surface area contributed by atoms with E-state index in [-0.39, 0.29) is 11.8 Å². The Morgan fingerprint density at radius 2 is 1.86 bits per heavy atom. The van der Waals surface area contributed by atoms with Crippen LogP contribution in [0.15, 0.2) is 47.0 Å². The van der Waals surface area contributed by atoms with Gasteiger partial charge in [0.15, 0.2) is 0 Å². The van der Waals surface area contributed by atoms with E-state index in [2.05, 4.69) is 47.0 Å². The molecule has 4 aromatic rings. The third kappa shape index (κ3) is 4.92. The Balaban J connectivity index is 1.50. The quantitative estimate of drug-likeness (QED) is 0.298. The van der Waals surface area contributed by atoms with Crippen molar-refractivity contribution in [3.8, 4) is 11.1 Å². The highest BCUT2D eigenvalue weighted by Crippen LogP contribution is 2.33. The van der Waals surface area contributed by atoms with Crippen molar-refractivity contribution in [3.05, 3.63) is 70.3 Å². The third-order valence-corrected chi connectivity index (χ3v) is 7.75. The maximum Gasteiger partial charge on any atom is 0.219 e. The lowest BCUT2D eigenvalue weighted by Gasteiger charge is -2.32. The summed E-state index contributed by atoms with van der Waals surface area (Å²) in [7, 11) is 0. The van der Waals surface area contributed by atoms with Crippen LogP contribution in [0.25, 0.3) is 22.2 Å². The summed E-state index contributed by atoms with van der Waals surface area (Å²) in [6.07, 6.45) is 2.92. The first kappa shape index (κ1) is 24.6. The van der Waals surface area contributed by atoms with Crippen LogP contribution in [0.1, 0.15) is 55.4 Å². The monoisotopic (exact) mass is 504 g/mol. The average molecular weight is 505 g/mol. The standard InChI is InChI=1S/C29H33ClN4O2/c1-18(15-22-5-8-25(30)9-6-22)29-31-26-16-24(28-19(2)32-36-20(28)3)7-10-27(26)34(29)17-23-11-13-33(14-12-23)21(4)35/h5-10,16,18,23H,11-15,17H2,1-4H3. The number of piperidine rings is 1. The number of hydrogen-bond acceptors (Lipinski definition) is 4. The molecule has 0 saturated carbocycles. The molecule has 1 saturated heterocycles. The summed E-state index contributed by atoms with van der Waals surface area (Å²) in [6, 6.07) is 14.6. The molecule has 0 bridgehead atoms. The van der Waals surface area contributed by atoms with E-state index in [4.69, 9.17) is 21.1 Å². The number of carbonyl (C=O) groups is 1. The summed E-state index contributed by atoms with van der Waals surface area (Å²) < 4.78 is 7.83. The van der Waals surface area contributed by atoms with E-state index in [1.807, 2.05) is 30.9 Å². The molecule has 2 aromatic carbocycles. The maximum atomic E-state index is 11.8. The Hall–Kier alpha value is -3.12. The van der Waals surface area contributed by atoms with Crippen LogP contribution in [0.5, 0.6) is 0 Å². The van der Waals surface area contributed by atoms with E-state index in [1.165, 1.54) is 5.56 Å². The number of amides is 1. The van der Waals surface area contributed by atoms with Crippen LogP contribution in [0, 0.1) is 19.8 Å². The van der Waals surface area contributed by atoms with Gasteiger partial charge in [0.2, 0.25) is 5.91 Å². The summed E-state index contributed by atoms with van der Waals surface area (Å²) in [6.45, 7) is 10.4. The van der Waals surface area contributed by atoms with Crippen molar-refractivity contribution in [3.63, 3.8) is 0 Å². The van der Waals surface area contributed by atoms with Crippen molar-refractivity contribution >= 4 is 28.5 Å². The van der Waals surface area contributed by atoms with Crippen molar-refractivity contribution < 1.29 is 9.32 Å². The largest absolute Gasteiger partial charge is 0.361 e. The summed E-state index contributed by atoms with van der Waals surface area (Å²) in [4.78, 5) is 19.0. The molecule has 5 rings (SSSR count). The highest BCUT2D eigenvalue weighted by atomic mass is 35.5. The Morgan fingerprint density at radius 3 is 2.50 bits per heavy atom. The lowest BCUT2D eigenvalue weighted by Crippen LogP contribution is -2.38. The van der Waals surface area contributed by atoms with Gasteiger partial charge in [-0.3, -0.25) is 4.79 Å². The van der Waals surface area contributed by atoms with Gasteiger partial charge in [-0.25, -0.2) is 4.98 Å². The van der Waals surface area contributed by atoms with Crippen LogP contribution in [0.3, 0.4) is 0 Å². The summed E-state index contributed by atoms with van der Waals surface area (Å²) in [5.74, 6) is 2.84. The van der Waals surface area contributed by atoms with E-state index in [0.29, 0.717) is 5.92 Å². The smallest absolute Gasteiger partial charge is 0.219 e. The van der Waals surface area contributed by atoms with Gasteiger partial charge in [0.05, 0.1) is 16.7 Å². The van der Waals surface area contributed by atoms with Crippen LogP contribution in [0.2, 0.25) is 5.02 Å². The van der Waals surface area contributed by atoms with Gasteiger partial charge in [-0.2, -0.15) is 0 Å². The fourth-order valence-electron chi connectivity index (χ4n) is 5.52. The van der Waals surface area contributed by atoms with Gasteiger partial charge in [0.1, 0.15) is 11.6 Å². The zero-order valence-corrected chi connectivity index (χ0v) is 22.2. The lowest BCUT2D eigenvalue weighted by molar-refractivity contribution is -0.130. The first-order valence-corrected chi connectivity index (χ1v) is 13.1. The molecule has 1 fully saturated rings. The minimum absolute atomic E-state index is 0.172. The predicted molar refractivity (Wildman–Crippen MR) is 143 cm³/mol. The number of likely N-dealkylation sites (tertiary alicyclic amines) is 1. The molecule has 188 valence electrons. The molecule has 6 nitrogen and oxygen atoms in total. The summed E-state index contributed by atoms with van der Waals surface area (Å²) in [5.41, 5.74) is 6.40. The molecular formula is C29H33ClN4O2. The number of imidazole rings is 1. The molecule has 0 spiro atoms. The van der Waals surface area contributed by atoms with Crippen molar-refractivity contribution in [2.24, 2.45) is 5.92 Å². The van der Waals surface area contributed by atoms with Crippen molar-refractivity contribution in [1.82, 2.24) is 19.6 Å². The molecule has 1 aliphatic heterocycles. The van der Waals surface area contributed by atoms with Gasteiger partial charge >= 0.3 is 0 Å². The van der Waals surface area contributed by atoms with Gasteiger partial charge < -0.3 is 14.0 Å². The molecule has 1 unspecified atom stereocenters. The van der Waals surface area contributed by atoms with Gasteiger partial charge in [0.25, 0.3) is 0 Å². The van der Waals surface area contributed by atoms with E-state index < -0.39 is 0 Å². The molecule has 0 aliphatic carbocycles. The zero-order valence-electron chi connectivity index (χ0n) is 21.4. The minimum Gasteiger partial charge on any atom is -0.361 e. The Labute approximate surface area is 217 Å². The van der Waals surface area contributed by atoms with Crippen LogP contribution in [0.4, 0.5) is 0 Å². The van der Waals surface area contributed by atoms with Gasteiger partial charge in [0, 0.05) is 43.1 Å². The Bertz CT molecular complexity index is 1360. The van der Waals surface area contributed by atoms with E-state index in [1.54, 1.807) is 6.92 Å². The molecule has 0 N–H and O–H groups in total. The highest BCUT2D eigenvalue weighted by molar-refractivity contribution is 6.30. The molecule has 1 aliphatic rings. The van der Waals surface area contributed by atoms with Crippen LogP contribution >= 0.6 is 11.6 Å². The van der Waals surface area contributed by atoms with Crippen molar-refractivity contribution in [1.29, 1.82) is 0 Å². The number of aryl methyl sites for hydroxylation is 2. The van der Waals surface area contributed by atoms with Crippen LogP contribution in [-0.2, 0) is 17.8 Å². The molecular weight excluding hydrogens is 472 g/mol. The van der Waals surface area contributed by atoms with Crippen LogP contribution < -0.4 is 0 Å². The SMILES string of the molecule is CC(=O)N1CCC(Cn2c(C(C)Cc3ccc(Cl)cc3)nc3cc(-c4c(C)noc4C)ccc32)CC1. The maximum absolute atomic E-state index is 11.8. The third-order valence-electron chi connectivity index (χ3n) is 7.50. The number of rotatable bonds is 6. The second-order valence-corrected chi connectivity index (χ2v) is 10.6. The topological polar surface area (TPSA) is 64.2 Å². The second-order valence-electron chi connectivity index (χ2n) is 10.2. The second kappa shape index (κ2) is 10.1. The lowest BCUT2D eigenvalue weighted by atomic mass is 9.95. The van der Waals surface area contributed by atoms with Gasteiger partial charge in [-0.1, -0.05) is 41.9 Å². The number of fused-ring (bicyclic) bond motifs is 1. The highest BCUT2D eigenvalue weighted by Gasteiger charge is 2.25. The Kier molecular flexibility index (Phi) is 6.89. The van der Waals surface area contributed by atoms with E-state index in [9.17, 15) is 4.79 Å². The molecule has 1 amide bonds. The van der Waals surface area contributed by atoms with Crippen LogP contribution in [-0.4, -0.2) is 38.6 Å². The van der Waals surface area contributed by atoms with Gasteiger partial charge in [-0.05, 0) is 74.4 Å². The zero-order chi connectivity index (χ0) is 25.4. The van der Waals surface area contributed by atoms with E-state index in [0.717, 1.165) is 83.4 Å².